The van der Waals surface area contributed by atoms with Crippen molar-refractivity contribution in [1.82, 2.24) is 19.1 Å². The quantitative estimate of drug-likeness (QED) is 0.115. The van der Waals surface area contributed by atoms with Gasteiger partial charge in [0.05, 0.1) is 0 Å². The van der Waals surface area contributed by atoms with Crippen LogP contribution < -0.4 is 0 Å². The number of hydrogen-bond acceptors (Lipinski definition) is 2. The second-order valence-electron chi connectivity index (χ2n) is 16.4. The summed E-state index contributed by atoms with van der Waals surface area (Å²) in [6.07, 6.45) is 4.21. The fraction of sp³-hybridized carbons (Fsp3) is 0.259. The number of aromatic nitrogens is 4. The molecular formula is C54H62N6Zr-2. The van der Waals surface area contributed by atoms with E-state index in [0.717, 1.165) is 58.2 Å². The third kappa shape index (κ3) is 11.6. The van der Waals surface area contributed by atoms with E-state index < -0.39 is 0 Å². The molecule has 314 valence electrons. The molecule has 4 aromatic carbocycles. The summed E-state index contributed by atoms with van der Waals surface area (Å²) >= 11 is 0. The monoisotopic (exact) mass is 884 g/mol. The van der Waals surface area contributed by atoms with Crippen LogP contribution in [0, 0.1) is 14.9 Å². The largest absolute Gasteiger partial charge is 2.00 e. The van der Waals surface area contributed by atoms with Crippen LogP contribution in [0.25, 0.3) is 32.7 Å². The number of hydrogen-bond donors (Lipinski definition) is 0. The summed E-state index contributed by atoms with van der Waals surface area (Å²) in [7, 11) is 0. The first-order chi connectivity index (χ1) is 28.0. The van der Waals surface area contributed by atoms with Gasteiger partial charge in [0.2, 0.25) is 0 Å². The van der Waals surface area contributed by atoms with E-state index >= 15 is 0 Å². The summed E-state index contributed by atoms with van der Waals surface area (Å²) in [5, 5.41) is 12.4. The van der Waals surface area contributed by atoms with Crippen molar-refractivity contribution in [2.75, 3.05) is 0 Å². The molecule has 8 rings (SSSR count). The third-order valence-corrected chi connectivity index (χ3v) is 10.7. The molecule has 0 amide bonds. The van der Waals surface area contributed by atoms with Crippen molar-refractivity contribution < 1.29 is 26.2 Å². The predicted molar refractivity (Wildman–Crippen MR) is 258 cm³/mol. The zero-order valence-corrected chi connectivity index (χ0v) is 40.2. The van der Waals surface area contributed by atoms with Crippen LogP contribution in [0.15, 0.2) is 146 Å². The minimum atomic E-state index is 0. The molecule has 0 saturated carbocycles. The van der Waals surface area contributed by atoms with Crippen molar-refractivity contribution in [3.05, 3.63) is 205 Å². The molecule has 0 radical (unpaired) electrons. The predicted octanol–water partition coefficient (Wildman–Crippen LogP) is 16.2. The van der Waals surface area contributed by atoms with Gasteiger partial charge in [0.25, 0.3) is 0 Å². The molecule has 61 heavy (non-hydrogen) atoms. The minimum absolute atomic E-state index is 0. The van der Waals surface area contributed by atoms with Gasteiger partial charge in [-0.3, -0.25) is 0 Å². The van der Waals surface area contributed by atoms with Crippen LogP contribution >= 0.6 is 0 Å². The van der Waals surface area contributed by atoms with Crippen molar-refractivity contribution >= 4 is 45.1 Å². The van der Waals surface area contributed by atoms with Gasteiger partial charge in [-0.2, -0.15) is 0 Å². The number of fused-ring (bicyclic) bond motifs is 2. The Morgan fingerprint density at radius 2 is 0.738 bits per heavy atom. The second kappa shape index (κ2) is 22.0. The first kappa shape index (κ1) is 48.4. The van der Waals surface area contributed by atoms with Crippen LogP contribution in [0.1, 0.15) is 112 Å². The van der Waals surface area contributed by atoms with Gasteiger partial charge in [-0.1, -0.05) is 188 Å². The summed E-state index contributed by atoms with van der Waals surface area (Å²) in [4.78, 5) is 9.85. The topological polar surface area (TPSA) is 63.8 Å². The van der Waals surface area contributed by atoms with Crippen molar-refractivity contribution in [3.63, 3.8) is 0 Å². The molecule has 4 aromatic heterocycles. The summed E-state index contributed by atoms with van der Waals surface area (Å²) in [5.74, 6) is 3.19. The van der Waals surface area contributed by atoms with Gasteiger partial charge in [-0.05, 0) is 91.3 Å². The molecule has 0 bridgehead atoms. The molecule has 8 aromatic rings. The van der Waals surface area contributed by atoms with Crippen molar-refractivity contribution in [2.45, 2.75) is 92.2 Å². The maximum absolute atomic E-state index is 5.04. The standard InChI is InChI=1S/2C26H28N3.2CH3.Zr/c2*1-18(2)22-11-8-12-23(19(3)4)25(22)27-24-14-13-21-15-16-29(26(21)28-24)17-20-9-6-5-7-10-20;;;/h2*5-16,18-19H,17H2,1-4H3;2*1H3;/q4*-1;+2. The van der Waals surface area contributed by atoms with Gasteiger partial charge in [0.1, 0.15) is 0 Å². The average molecular weight is 886 g/mol. The van der Waals surface area contributed by atoms with Crippen molar-refractivity contribution in [1.29, 1.82) is 0 Å². The molecule has 4 heterocycles. The molecule has 7 heteroatoms. The van der Waals surface area contributed by atoms with E-state index in [1.165, 1.54) is 33.4 Å². The summed E-state index contributed by atoms with van der Waals surface area (Å²) in [5.41, 5.74) is 11.7. The average Bonchev–Trinajstić information content (AvgIpc) is 3.81. The van der Waals surface area contributed by atoms with E-state index in [-0.39, 0.29) is 41.1 Å². The fourth-order valence-electron chi connectivity index (χ4n) is 7.55. The second-order valence-corrected chi connectivity index (χ2v) is 16.4. The van der Waals surface area contributed by atoms with E-state index in [4.69, 9.17) is 20.6 Å². The van der Waals surface area contributed by atoms with Crippen LogP contribution in [-0.4, -0.2) is 19.1 Å². The van der Waals surface area contributed by atoms with E-state index in [9.17, 15) is 0 Å². The van der Waals surface area contributed by atoms with Crippen molar-refractivity contribution in [2.24, 2.45) is 0 Å². The Labute approximate surface area is 385 Å². The first-order valence-electron chi connectivity index (χ1n) is 20.7. The molecule has 0 saturated heterocycles. The van der Waals surface area contributed by atoms with Crippen LogP contribution in [0.4, 0.5) is 23.0 Å². The fourth-order valence-corrected chi connectivity index (χ4v) is 7.55. The molecule has 0 atom stereocenters. The smallest absolute Gasteiger partial charge is 0.436 e. The summed E-state index contributed by atoms with van der Waals surface area (Å²) in [6, 6.07) is 46.5. The molecule has 0 aliphatic heterocycles. The zero-order chi connectivity index (χ0) is 40.8. The SMILES string of the molecule is CC(C)c1cccc(C(C)C)c1[N-]c1ccc2ccn(Cc3ccccc3)c2n1.CC(C)c1cccc(C(C)C)c1[N-]c1ccc2ccn(Cc3ccccc3)c2n1.[CH3-].[CH3-].[Zr+2]. The molecule has 0 spiro atoms. The minimum Gasteiger partial charge on any atom is -0.436 e. The van der Waals surface area contributed by atoms with E-state index in [1.54, 1.807) is 0 Å². The van der Waals surface area contributed by atoms with Gasteiger partial charge in [0.15, 0.2) is 0 Å². The normalized spacial score (nSPS) is 11.0. The Kier molecular flexibility index (Phi) is 17.5. The number of nitrogens with zero attached hydrogens (tertiary/aromatic N) is 6. The van der Waals surface area contributed by atoms with E-state index in [0.29, 0.717) is 23.7 Å². The molecule has 0 fully saturated rings. The number of para-hydroxylation sites is 2. The van der Waals surface area contributed by atoms with Crippen LogP contribution in [-0.2, 0) is 39.3 Å². The van der Waals surface area contributed by atoms with Crippen LogP contribution in [0.5, 0.6) is 0 Å². The molecular weight excluding hydrogens is 824 g/mol. The van der Waals surface area contributed by atoms with Crippen molar-refractivity contribution in [3.8, 4) is 0 Å². The summed E-state index contributed by atoms with van der Waals surface area (Å²) < 4.78 is 4.39. The number of rotatable bonds is 12. The molecule has 0 aliphatic rings. The molecule has 0 aliphatic carbocycles. The maximum Gasteiger partial charge on any atom is 2.00 e. The number of pyridine rings is 2. The maximum atomic E-state index is 5.04. The Morgan fingerprint density at radius 1 is 0.410 bits per heavy atom. The van der Waals surface area contributed by atoms with Crippen LogP contribution in [0.2, 0.25) is 0 Å². The van der Waals surface area contributed by atoms with Gasteiger partial charge in [-0.25, -0.2) is 0 Å². The van der Waals surface area contributed by atoms with E-state index in [2.05, 4.69) is 186 Å². The van der Waals surface area contributed by atoms with E-state index in [1.807, 2.05) is 24.3 Å². The Morgan fingerprint density at radius 3 is 1.05 bits per heavy atom. The van der Waals surface area contributed by atoms with Gasteiger partial charge in [-0.15, -0.1) is 0 Å². The van der Waals surface area contributed by atoms with Crippen LogP contribution in [0.3, 0.4) is 0 Å². The molecule has 0 N–H and O–H groups in total. The Bertz CT molecular complexity index is 2350. The summed E-state index contributed by atoms with van der Waals surface area (Å²) in [6.45, 7) is 19.4. The van der Waals surface area contributed by atoms with Gasteiger partial charge in [0, 0.05) is 36.8 Å². The number of benzene rings is 4. The Balaban J connectivity index is 0.000000256. The van der Waals surface area contributed by atoms with Gasteiger partial charge < -0.3 is 44.6 Å². The molecule has 0 unspecified atom stereocenters. The third-order valence-electron chi connectivity index (χ3n) is 10.7. The molecule has 6 nitrogen and oxygen atoms in total. The van der Waals surface area contributed by atoms with Gasteiger partial charge >= 0.3 is 26.2 Å². The first-order valence-corrected chi connectivity index (χ1v) is 20.7. The zero-order valence-electron chi connectivity index (χ0n) is 37.8. The Hall–Kier alpha value is -5.26.